The highest BCUT2D eigenvalue weighted by molar-refractivity contribution is 7.11. The number of thiazole rings is 1. The molecule has 0 aliphatic carbocycles. The lowest BCUT2D eigenvalue weighted by molar-refractivity contribution is 0.303. The Labute approximate surface area is 138 Å². The zero-order valence-electron chi connectivity index (χ0n) is 12.7. The summed E-state index contributed by atoms with van der Waals surface area (Å²) in [4.78, 5) is 4.56. The number of nitriles is 1. The van der Waals surface area contributed by atoms with Crippen molar-refractivity contribution < 1.29 is 9.15 Å². The second kappa shape index (κ2) is 6.51. The van der Waals surface area contributed by atoms with Crippen LogP contribution >= 0.6 is 11.3 Å². The fraction of sp³-hybridized carbons (Fsp3) is 0.111. The molecule has 4 nitrogen and oxygen atoms in total. The molecule has 0 N–H and O–H groups in total. The van der Waals surface area contributed by atoms with E-state index in [1.165, 1.54) is 24.0 Å². The summed E-state index contributed by atoms with van der Waals surface area (Å²) >= 11 is 1.44. The molecule has 3 rings (SSSR count). The van der Waals surface area contributed by atoms with E-state index >= 15 is 0 Å². The minimum atomic E-state index is 0.410. The summed E-state index contributed by atoms with van der Waals surface area (Å²) in [6.07, 6.45) is 1.67. The van der Waals surface area contributed by atoms with Gasteiger partial charge in [0.1, 0.15) is 16.8 Å². The van der Waals surface area contributed by atoms with Gasteiger partial charge in [-0.05, 0) is 13.0 Å². The fourth-order valence-corrected chi connectivity index (χ4v) is 2.85. The molecular weight excluding hydrogens is 308 g/mol. The number of aryl methyl sites for hydroxylation is 1. The summed E-state index contributed by atoms with van der Waals surface area (Å²) in [7, 11) is 1.53. The van der Waals surface area contributed by atoms with E-state index in [-0.39, 0.29) is 0 Å². The maximum absolute atomic E-state index is 9.40. The van der Waals surface area contributed by atoms with Crippen molar-refractivity contribution >= 4 is 23.0 Å². The molecule has 0 aliphatic heterocycles. The number of methoxy groups -OCH3 is 1. The predicted molar refractivity (Wildman–Crippen MR) is 91.0 cm³/mol. The zero-order valence-corrected chi connectivity index (χ0v) is 13.6. The molecule has 1 aromatic carbocycles. The van der Waals surface area contributed by atoms with Gasteiger partial charge in [0.2, 0.25) is 0 Å². The van der Waals surface area contributed by atoms with Crippen molar-refractivity contribution in [1.82, 2.24) is 4.98 Å². The first kappa shape index (κ1) is 15.1. The van der Waals surface area contributed by atoms with Crippen molar-refractivity contribution in [3.63, 3.8) is 0 Å². The van der Waals surface area contributed by atoms with Crippen LogP contribution in [0.5, 0.6) is 5.95 Å². The average Bonchev–Trinajstić information content (AvgIpc) is 3.22. The Morgan fingerprint density at radius 3 is 2.70 bits per heavy atom. The van der Waals surface area contributed by atoms with Gasteiger partial charge in [-0.3, -0.25) is 0 Å². The Morgan fingerprint density at radius 1 is 1.26 bits per heavy atom. The molecule has 0 spiro atoms. The van der Waals surface area contributed by atoms with Gasteiger partial charge in [0, 0.05) is 23.1 Å². The summed E-state index contributed by atoms with van der Waals surface area (Å²) in [6, 6.07) is 13.8. The van der Waals surface area contributed by atoms with E-state index in [0.717, 1.165) is 11.3 Å². The van der Waals surface area contributed by atoms with E-state index in [2.05, 4.69) is 11.1 Å². The Kier molecular flexibility index (Phi) is 4.26. The van der Waals surface area contributed by atoms with Crippen LogP contribution in [0.25, 0.3) is 22.9 Å². The number of furan rings is 1. The highest BCUT2D eigenvalue weighted by Crippen LogP contribution is 2.28. The van der Waals surface area contributed by atoms with Gasteiger partial charge in [-0.25, -0.2) is 4.98 Å². The number of rotatable bonds is 4. The number of hydrogen-bond acceptors (Lipinski definition) is 5. The van der Waals surface area contributed by atoms with Gasteiger partial charge < -0.3 is 9.15 Å². The van der Waals surface area contributed by atoms with Crippen LogP contribution in [-0.4, -0.2) is 12.1 Å². The number of hydrogen-bond donors (Lipinski definition) is 0. The van der Waals surface area contributed by atoms with Gasteiger partial charge in [0.05, 0.1) is 18.4 Å². The monoisotopic (exact) mass is 322 g/mol. The number of nitrogens with zero attached hydrogens (tertiary/aromatic N) is 2. The van der Waals surface area contributed by atoms with Crippen molar-refractivity contribution in [3.05, 3.63) is 58.1 Å². The zero-order chi connectivity index (χ0) is 16.2. The molecule has 0 amide bonds. The second-order valence-corrected chi connectivity index (χ2v) is 5.79. The molecule has 2 heterocycles. The third-order valence-electron chi connectivity index (χ3n) is 3.29. The number of benzene rings is 1. The first-order valence-electron chi connectivity index (χ1n) is 6.98. The smallest absolute Gasteiger partial charge is 0.284 e. The van der Waals surface area contributed by atoms with Crippen molar-refractivity contribution in [1.29, 1.82) is 5.26 Å². The van der Waals surface area contributed by atoms with E-state index < -0.39 is 0 Å². The van der Waals surface area contributed by atoms with Gasteiger partial charge in [-0.15, -0.1) is 11.3 Å². The molecule has 23 heavy (non-hydrogen) atoms. The van der Waals surface area contributed by atoms with Crippen molar-refractivity contribution in [2.75, 3.05) is 7.11 Å². The van der Waals surface area contributed by atoms with E-state index in [4.69, 9.17) is 9.15 Å². The third kappa shape index (κ3) is 3.33. The SMILES string of the molecule is COc1ccc(/C=C(/C#N)c2nc(-c3ccc(C)cc3)cs2)o1. The topological polar surface area (TPSA) is 59.0 Å². The standard InChI is InChI=1S/C18H14N2O2S/c1-12-3-5-13(6-4-12)16-11-23-18(20-16)14(10-19)9-15-7-8-17(21-2)22-15/h3-9,11H,1-2H3/b14-9-. The maximum atomic E-state index is 9.40. The van der Waals surface area contributed by atoms with Crippen LogP contribution in [0, 0.1) is 18.3 Å². The Bertz CT molecular complexity index is 882. The molecule has 0 aliphatic rings. The normalized spacial score (nSPS) is 11.3. The molecule has 0 radical (unpaired) electrons. The summed E-state index contributed by atoms with van der Waals surface area (Å²) in [5.74, 6) is 0.971. The fourth-order valence-electron chi connectivity index (χ4n) is 2.06. The van der Waals surface area contributed by atoms with Gasteiger partial charge in [-0.1, -0.05) is 29.8 Å². The summed E-state index contributed by atoms with van der Waals surface area (Å²) in [5, 5.41) is 12.0. The summed E-state index contributed by atoms with van der Waals surface area (Å²) < 4.78 is 10.4. The van der Waals surface area contributed by atoms with Gasteiger partial charge in [-0.2, -0.15) is 5.26 Å². The third-order valence-corrected chi connectivity index (χ3v) is 4.17. The van der Waals surface area contributed by atoms with Gasteiger partial charge in [0.15, 0.2) is 0 Å². The molecule has 0 bridgehead atoms. The molecule has 0 saturated heterocycles. The molecule has 0 unspecified atom stereocenters. The summed E-state index contributed by atoms with van der Waals surface area (Å²) in [5.41, 5.74) is 3.57. The van der Waals surface area contributed by atoms with E-state index in [9.17, 15) is 5.26 Å². The average molecular weight is 322 g/mol. The van der Waals surface area contributed by atoms with Crippen LogP contribution in [0.3, 0.4) is 0 Å². The molecule has 5 heteroatoms. The van der Waals surface area contributed by atoms with Crippen molar-refractivity contribution in [2.45, 2.75) is 6.92 Å². The lowest BCUT2D eigenvalue weighted by Gasteiger charge is -1.97. The van der Waals surface area contributed by atoms with Gasteiger partial charge in [0.25, 0.3) is 5.95 Å². The van der Waals surface area contributed by atoms with Crippen molar-refractivity contribution in [2.24, 2.45) is 0 Å². The molecule has 0 fully saturated rings. The number of aromatic nitrogens is 1. The predicted octanol–water partition coefficient (Wildman–Crippen LogP) is 4.78. The second-order valence-electron chi connectivity index (χ2n) is 4.93. The largest absolute Gasteiger partial charge is 0.468 e. The van der Waals surface area contributed by atoms with Crippen LogP contribution in [-0.2, 0) is 0 Å². The van der Waals surface area contributed by atoms with Crippen LogP contribution in [0.4, 0.5) is 0 Å². The quantitative estimate of drug-likeness (QED) is 0.648. The van der Waals surface area contributed by atoms with Crippen LogP contribution in [0.15, 0.2) is 46.2 Å². The molecular formula is C18H14N2O2S. The highest BCUT2D eigenvalue weighted by atomic mass is 32.1. The van der Waals surface area contributed by atoms with Crippen molar-refractivity contribution in [3.8, 4) is 23.3 Å². The first-order valence-corrected chi connectivity index (χ1v) is 7.86. The molecule has 114 valence electrons. The highest BCUT2D eigenvalue weighted by Gasteiger charge is 2.10. The van der Waals surface area contributed by atoms with Crippen LogP contribution in [0.2, 0.25) is 0 Å². The Hall–Kier alpha value is -2.84. The van der Waals surface area contributed by atoms with E-state index in [1.54, 1.807) is 18.2 Å². The summed E-state index contributed by atoms with van der Waals surface area (Å²) in [6.45, 7) is 2.05. The van der Waals surface area contributed by atoms with E-state index in [1.807, 2.05) is 36.6 Å². The molecule has 0 atom stereocenters. The maximum Gasteiger partial charge on any atom is 0.284 e. The minimum Gasteiger partial charge on any atom is -0.468 e. The molecule has 2 aromatic heterocycles. The van der Waals surface area contributed by atoms with Gasteiger partial charge >= 0.3 is 0 Å². The Morgan fingerprint density at radius 2 is 2.04 bits per heavy atom. The van der Waals surface area contributed by atoms with Crippen LogP contribution in [0.1, 0.15) is 16.3 Å². The van der Waals surface area contributed by atoms with Crippen LogP contribution < -0.4 is 4.74 Å². The molecule has 3 aromatic rings. The lowest BCUT2D eigenvalue weighted by atomic mass is 10.1. The Balaban J connectivity index is 1.91. The number of ether oxygens (including phenoxy) is 1. The first-order chi connectivity index (χ1) is 11.2. The lowest BCUT2D eigenvalue weighted by Crippen LogP contribution is -1.82. The van der Waals surface area contributed by atoms with E-state index in [0.29, 0.717) is 22.3 Å². The molecule has 0 saturated carbocycles. The number of allylic oxidation sites excluding steroid dienone is 1. The minimum absolute atomic E-state index is 0.410.